The van der Waals surface area contributed by atoms with E-state index in [9.17, 15) is 4.79 Å². The maximum atomic E-state index is 12.1. The van der Waals surface area contributed by atoms with Crippen LogP contribution in [0.3, 0.4) is 0 Å². The van der Waals surface area contributed by atoms with Crippen molar-refractivity contribution in [2.45, 2.75) is 0 Å². The molecule has 0 saturated heterocycles. The van der Waals surface area contributed by atoms with E-state index in [-0.39, 0.29) is 28.2 Å². The summed E-state index contributed by atoms with van der Waals surface area (Å²) in [6.45, 7) is -0.186. The van der Waals surface area contributed by atoms with Crippen molar-refractivity contribution in [3.63, 3.8) is 0 Å². The Kier molecular flexibility index (Phi) is 5.34. The van der Waals surface area contributed by atoms with Gasteiger partial charge in [0.1, 0.15) is 5.75 Å². The SMILES string of the molecule is COc1cccc(C(=O)COc2c(Cl)cc(Cl)cc2Cl)c1. The Balaban J connectivity index is 2.11. The molecule has 2 aromatic carbocycles. The van der Waals surface area contributed by atoms with E-state index in [4.69, 9.17) is 44.3 Å². The minimum atomic E-state index is -0.212. The molecule has 0 aromatic heterocycles. The summed E-state index contributed by atoms with van der Waals surface area (Å²) in [5, 5.41) is 0.911. The number of rotatable bonds is 5. The zero-order valence-corrected chi connectivity index (χ0v) is 13.3. The predicted molar refractivity (Wildman–Crippen MR) is 84.3 cm³/mol. The van der Waals surface area contributed by atoms with E-state index in [1.165, 1.54) is 19.2 Å². The minimum Gasteiger partial charge on any atom is -0.497 e. The fraction of sp³-hybridized carbons (Fsp3) is 0.133. The summed E-state index contributed by atoms with van der Waals surface area (Å²) in [5.74, 6) is 0.623. The molecule has 110 valence electrons. The van der Waals surface area contributed by atoms with E-state index in [2.05, 4.69) is 0 Å². The van der Waals surface area contributed by atoms with Crippen LogP contribution in [0.4, 0.5) is 0 Å². The molecule has 0 spiro atoms. The van der Waals surface area contributed by atoms with Crippen molar-refractivity contribution in [1.29, 1.82) is 0 Å². The van der Waals surface area contributed by atoms with E-state index < -0.39 is 0 Å². The van der Waals surface area contributed by atoms with Gasteiger partial charge < -0.3 is 9.47 Å². The number of hydrogen-bond acceptors (Lipinski definition) is 3. The first-order chi connectivity index (χ1) is 10.0. The molecule has 2 aromatic rings. The molecular formula is C15H11Cl3O3. The van der Waals surface area contributed by atoms with Crippen molar-refractivity contribution in [1.82, 2.24) is 0 Å². The van der Waals surface area contributed by atoms with Gasteiger partial charge in [0.2, 0.25) is 0 Å². The first-order valence-electron chi connectivity index (χ1n) is 5.96. The van der Waals surface area contributed by atoms with Gasteiger partial charge in [-0.15, -0.1) is 0 Å². The van der Waals surface area contributed by atoms with Crippen LogP contribution in [0.2, 0.25) is 15.1 Å². The Morgan fingerprint density at radius 2 is 1.76 bits per heavy atom. The molecule has 0 amide bonds. The molecule has 0 N–H and O–H groups in total. The molecule has 0 aliphatic rings. The van der Waals surface area contributed by atoms with Crippen LogP contribution in [0.25, 0.3) is 0 Å². The third kappa shape index (κ3) is 4.03. The van der Waals surface area contributed by atoms with Crippen molar-refractivity contribution >= 4 is 40.6 Å². The van der Waals surface area contributed by atoms with Gasteiger partial charge in [-0.05, 0) is 24.3 Å². The summed E-state index contributed by atoms with van der Waals surface area (Å²) in [6, 6.07) is 9.80. The quantitative estimate of drug-likeness (QED) is 0.722. The number of ketones is 1. The molecule has 0 aliphatic heterocycles. The lowest BCUT2D eigenvalue weighted by Crippen LogP contribution is -2.12. The summed E-state index contributed by atoms with van der Waals surface area (Å²) in [7, 11) is 1.54. The van der Waals surface area contributed by atoms with Gasteiger partial charge in [-0.3, -0.25) is 4.79 Å². The molecule has 0 atom stereocenters. The molecule has 0 saturated carbocycles. The highest BCUT2D eigenvalue weighted by molar-refractivity contribution is 6.40. The zero-order chi connectivity index (χ0) is 15.4. The highest BCUT2D eigenvalue weighted by atomic mass is 35.5. The number of methoxy groups -OCH3 is 1. The fourth-order valence-corrected chi connectivity index (χ4v) is 2.61. The number of ether oxygens (including phenoxy) is 2. The smallest absolute Gasteiger partial charge is 0.200 e. The van der Waals surface area contributed by atoms with Crippen molar-refractivity contribution in [3.05, 3.63) is 57.0 Å². The molecule has 21 heavy (non-hydrogen) atoms. The molecule has 2 rings (SSSR count). The lowest BCUT2D eigenvalue weighted by Gasteiger charge is -2.10. The van der Waals surface area contributed by atoms with Crippen LogP contribution in [0, 0.1) is 0 Å². The number of hydrogen-bond donors (Lipinski definition) is 0. The summed E-state index contributed by atoms with van der Waals surface area (Å²) >= 11 is 17.8. The van der Waals surface area contributed by atoms with Crippen LogP contribution < -0.4 is 9.47 Å². The molecule has 0 radical (unpaired) electrons. The lowest BCUT2D eigenvalue weighted by atomic mass is 10.1. The normalized spacial score (nSPS) is 10.3. The molecule has 6 heteroatoms. The Bertz CT molecular complexity index is 648. The number of carbonyl (C=O) groups is 1. The van der Waals surface area contributed by atoms with Crippen LogP contribution in [0.1, 0.15) is 10.4 Å². The standard InChI is InChI=1S/C15H11Cl3O3/c1-20-11-4-2-3-9(5-11)14(19)8-21-15-12(17)6-10(16)7-13(15)18/h2-7H,8H2,1H3. The molecule has 0 heterocycles. The largest absolute Gasteiger partial charge is 0.497 e. The van der Waals surface area contributed by atoms with Crippen molar-refractivity contribution in [2.75, 3.05) is 13.7 Å². The molecule has 0 fully saturated rings. The Morgan fingerprint density at radius 3 is 2.38 bits per heavy atom. The first-order valence-corrected chi connectivity index (χ1v) is 7.09. The maximum absolute atomic E-state index is 12.1. The van der Waals surface area contributed by atoms with Gasteiger partial charge in [0.05, 0.1) is 17.2 Å². The molecular weight excluding hydrogens is 335 g/mol. The number of carbonyl (C=O) groups excluding carboxylic acids is 1. The number of benzene rings is 2. The average Bonchev–Trinajstić information content (AvgIpc) is 2.46. The van der Waals surface area contributed by atoms with Crippen LogP contribution >= 0.6 is 34.8 Å². The van der Waals surface area contributed by atoms with E-state index in [0.29, 0.717) is 16.3 Å². The topological polar surface area (TPSA) is 35.5 Å². The van der Waals surface area contributed by atoms with Crippen LogP contribution in [-0.2, 0) is 0 Å². The van der Waals surface area contributed by atoms with E-state index >= 15 is 0 Å². The maximum Gasteiger partial charge on any atom is 0.200 e. The highest BCUT2D eigenvalue weighted by Crippen LogP contribution is 2.35. The lowest BCUT2D eigenvalue weighted by molar-refractivity contribution is 0.0921. The third-order valence-corrected chi connectivity index (χ3v) is 3.48. The number of halogens is 3. The van der Waals surface area contributed by atoms with Gasteiger partial charge in [-0.1, -0.05) is 46.9 Å². The minimum absolute atomic E-state index is 0.186. The predicted octanol–water partition coefficient (Wildman–Crippen LogP) is 4.92. The van der Waals surface area contributed by atoms with Crippen molar-refractivity contribution in [3.8, 4) is 11.5 Å². The van der Waals surface area contributed by atoms with Gasteiger partial charge in [0.15, 0.2) is 18.1 Å². The van der Waals surface area contributed by atoms with E-state index in [1.54, 1.807) is 24.3 Å². The molecule has 0 unspecified atom stereocenters. The molecule has 3 nitrogen and oxygen atoms in total. The van der Waals surface area contributed by atoms with Crippen LogP contribution in [0.5, 0.6) is 11.5 Å². The molecule has 0 aliphatic carbocycles. The first kappa shape index (κ1) is 16.0. The van der Waals surface area contributed by atoms with Gasteiger partial charge in [0, 0.05) is 10.6 Å². The number of Topliss-reactive ketones (excluding diaryl/α,β-unsaturated/α-hetero) is 1. The second kappa shape index (κ2) is 7.03. The Morgan fingerprint density at radius 1 is 1.10 bits per heavy atom. The fourth-order valence-electron chi connectivity index (χ4n) is 1.68. The second-order valence-electron chi connectivity index (χ2n) is 4.14. The van der Waals surface area contributed by atoms with Crippen molar-refractivity contribution < 1.29 is 14.3 Å². The van der Waals surface area contributed by atoms with Crippen LogP contribution in [-0.4, -0.2) is 19.5 Å². The van der Waals surface area contributed by atoms with Gasteiger partial charge >= 0.3 is 0 Å². The summed E-state index contributed by atoms with van der Waals surface area (Å²) in [4.78, 5) is 12.1. The second-order valence-corrected chi connectivity index (χ2v) is 5.39. The summed E-state index contributed by atoms with van der Waals surface area (Å²) in [5.41, 5.74) is 0.482. The average molecular weight is 346 g/mol. The van der Waals surface area contributed by atoms with Gasteiger partial charge in [-0.2, -0.15) is 0 Å². The van der Waals surface area contributed by atoms with E-state index in [0.717, 1.165) is 0 Å². The monoisotopic (exact) mass is 344 g/mol. The Hall–Kier alpha value is -1.42. The van der Waals surface area contributed by atoms with Gasteiger partial charge in [-0.25, -0.2) is 0 Å². The van der Waals surface area contributed by atoms with E-state index in [1.807, 2.05) is 0 Å². The summed E-state index contributed by atoms with van der Waals surface area (Å²) < 4.78 is 10.5. The Labute approximate surface area is 137 Å². The highest BCUT2D eigenvalue weighted by Gasteiger charge is 2.13. The molecule has 0 bridgehead atoms. The van der Waals surface area contributed by atoms with Crippen LogP contribution in [0.15, 0.2) is 36.4 Å². The third-order valence-electron chi connectivity index (χ3n) is 2.70. The zero-order valence-electron chi connectivity index (χ0n) is 11.0. The van der Waals surface area contributed by atoms with Crippen molar-refractivity contribution in [2.24, 2.45) is 0 Å². The summed E-state index contributed by atoms with van der Waals surface area (Å²) in [6.07, 6.45) is 0. The van der Waals surface area contributed by atoms with Gasteiger partial charge in [0.25, 0.3) is 0 Å².